The predicted octanol–water partition coefficient (Wildman–Crippen LogP) is 4.34. The number of hydrogen-bond acceptors (Lipinski definition) is 4. The highest BCUT2D eigenvalue weighted by atomic mass is 32.1. The van der Waals surface area contributed by atoms with Crippen molar-refractivity contribution in [1.29, 1.82) is 0 Å². The van der Waals surface area contributed by atoms with Crippen molar-refractivity contribution in [3.05, 3.63) is 52.2 Å². The van der Waals surface area contributed by atoms with Crippen LogP contribution in [0.1, 0.15) is 67.7 Å². The zero-order chi connectivity index (χ0) is 22.2. The summed E-state index contributed by atoms with van der Waals surface area (Å²) in [5.74, 6) is 0.273. The summed E-state index contributed by atoms with van der Waals surface area (Å²) in [4.78, 5) is 43.4. The summed E-state index contributed by atoms with van der Waals surface area (Å²) in [6, 6.07) is 11.3. The number of carbonyl (C=O) groups excluding carboxylic acids is 3. The van der Waals surface area contributed by atoms with Gasteiger partial charge in [-0.2, -0.15) is 0 Å². The molecule has 1 aromatic heterocycles. The lowest BCUT2D eigenvalue weighted by atomic mass is 9.98. The van der Waals surface area contributed by atoms with Gasteiger partial charge in [-0.15, -0.1) is 11.3 Å². The van der Waals surface area contributed by atoms with Gasteiger partial charge < -0.3 is 10.2 Å². The molecule has 0 bridgehead atoms. The number of rotatable bonds is 7. The SMILES string of the molecule is CC(C)CC(NC(=O)CCN1C(=O)c2ccccc2N2C(=O)CCC12C)c1cccs1. The minimum atomic E-state index is -0.728. The van der Waals surface area contributed by atoms with E-state index in [0.29, 0.717) is 30.0 Å². The van der Waals surface area contributed by atoms with Crippen LogP contribution in [0.2, 0.25) is 0 Å². The van der Waals surface area contributed by atoms with Gasteiger partial charge in [-0.3, -0.25) is 19.3 Å². The Kier molecular flexibility index (Phi) is 5.88. The van der Waals surface area contributed by atoms with Crippen molar-refractivity contribution in [2.75, 3.05) is 11.4 Å². The molecule has 0 aliphatic carbocycles. The lowest BCUT2D eigenvalue weighted by Gasteiger charge is -2.48. The van der Waals surface area contributed by atoms with E-state index >= 15 is 0 Å². The minimum absolute atomic E-state index is 0.0200. The molecule has 1 saturated heterocycles. The number of hydrogen-bond donors (Lipinski definition) is 1. The first-order chi connectivity index (χ1) is 14.8. The molecule has 2 aliphatic rings. The molecule has 2 unspecified atom stereocenters. The molecule has 0 spiro atoms. The van der Waals surface area contributed by atoms with Gasteiger partial charge in [0.05, 0.1) is 17.3 Å². The lowest BCUT2D eigenvalue weighted by Crippen LogP contribution is -2.62. The van der Waals surface area contributed by atoms with Crippen LogP contribution in [0, 0.1) is 5.92 Å². The van der Waals surface area contributed by atoms with E-state index in [0.717, 1.165) is 11.3 Å². The number of thiophene rings is 1. The molecule has 1 fully saturated rings. The molecule has 31 heavy (non-hydrogen) atoms. The predicted molar refractivity (Wildman–Crippen MR) is 122 cm³/mol. The first-order valence-corrected chi connectivity index (χ1v) is 11.8. The molecule has 7 heteroatoms. The minimum Gasteiger partial charge on any atom is -0.348 e. The van der Waals surface area contributed by atoms with Gasteiger partial charge >= 0.3 is 0 Å². The monoisotopic (exact) mass is 439 g/mol. The first-order valence-electron chi connectivity index (χ1n) is 10.9. The van der Waals surface area contributed by atoms with Gasteiger partial charge in [0.15, 0.2) is 0 Å². The van der Waals surface area contributed by atoms with Crippen LogP contribution in [0.4, 0.5) is 5.69 Å². The van der Waals surface area contributed by atoms with Crippen LogP contribution in [0.15, 0.2) is 41.8 Å². The number of anilines is 1. The third-order valence-corrected chi connectivity index (χ3v) is 7.22. The fraction of sp³-hybridized carbons (Fsp3) is 0.458. The van der Waals surface area contributed by atoms with Crippen LogP contribution in [-0.4, -0.2) is 34.8 Å². The fourth-order valence-electron chi connectivity index (χ4n) is 4.73. The standard InChI is InChI=1S/C24H29N3O3S/c1-16(2)15-18(20-9-6-14-31-20)25-21(28)11-13-26-23(30)17-7-4-5-8-19(17)27-22(29)10-12-24(26,27)3/h4-9,14,16,18H,10-13,15H2,1-3H3,(H,25,28). The second-order valence-corrected chi connectivity index (χ2v) is 9.91. The summed E-state index contributed by atoms with van der Waals surface area (Å²) in [5.41, 5.74) is 0.466. The molecule has 1 N–H and O–H groups in total. The van der Waals surface area contributed by atoms with Gasteiger partial charge in [0.2, 0.25) is 11.8 Å². The van der Waals surface area contributed by atoms with Crippen molar-refractivity contribution >= 4 is 34.7 Å². The highest BCUT2D eigenvalue weighted by Gasteiger charge is 2.52. The van der Waals surface area contributed by atoms with Crippen molar-refractivity contribution in [2.45, 2.75) is 58.2 Å². The van der Waals surface area contributed by atoms with Gasteiger partial charge in [0.1, 0.15) is 5.66 Å². The number of carbonyl (C=O) groups is 3. The fourth-order valence-corrected chi connectivity index (χ4v) is 5.52. The Labute approximate surface area is 187 Å². The molecule has 3 amide bonds. The summed E-state index contributed by atoms with van der Waals surface area (Å²) >= 11 is 1.64. The molecule has 2 atom stereocenters. The number of nitrogens with one attached hydrogen (secondary N) is 1. The molecular formula is C24H29N3O3S. The maximum atomic E-state index is 13.3. The van der Waals surface area contributed by atoms with Gasteiger partial charge in [0.25, 0.3) is 5.91 Å². The zero-order valence-electron chi connectivity index (χ0n) is 18.3. The molecule has 0 saturated carbocycles. The molecule has 1 aromatic carbocycles. The van der Waals surface area contributed by atoms with Crippen LogP contribution in [-0.2, 0) is 9.59 Å². The maximum Gasteiger partial charge on any atom is 0.257 e. The molecule has 0 radical (unpaired) electrons. The smallest absolute Gasteiger partial charge is 0.257 e. The average molecular weight is 440 g/mol. The first kappa shape index (κ1) is 21.6. The molecule has 3 heterocycles. The van der Waals surface area contributed by atoms with E-state index < -0.39 is 5.66 Å². The van der Waals surface area contributed by atoms with Gasteiger partial charge in [-0.05, 0) is 49.3 Å². The van der Waals surface area contributed by atoms with E-state index in [9.17, 15) is 14.4 Å². The summed E-state index contributed by atoms with van der Waals surface area (Å²) in [6.45, 7) is 6.49. The van der Waals surface area contributed by atoms with E-state index in [1.807, 2.05) is 42.6 Å². The molecule has 4 rings (SSSR count). The van der Waals surface area contributed by atoms with E-state index in [1.165, 1.54) is 0 Å². The van der Waals surface area contributed by atoms with Crippen molar-refractivity contribution in [1.82, 2.24) is 10.2 Å². The highest BCUT2D eigenvalue weighted by molar-refractivity contribution is 7.10. The zero-order valence-corrected chi connectivity index (χ0v) is 19.1. The van der Waals surface area contributed by atoms with E-state index in [-0.39, 0.29) is 36.7 Å². The quantitative estimate of drug-likeness (QED) is 0.698. The Balaban J connectivity index is 1.50. The van der Waals surface area contributed by atoms with Gasteiger partial charge in [-0.25, -0.2) is 0 Å². The number of benzene rings is 1. The summed E-state index contributed by atoms with van der Waals surface area (Å²) in [6.07, 6.45) is 2.03. The summed E-state index contributed by atoms with van der Waals surface area (Å²) < 4.78 is 0. The van der Waals surface area contributed by atoms with E-state index in [1.54, 1.807) is 27.2 Å². The normalized spacial score (nSPS) is 21.3. The molecule has 6 nitrogen and oxygen atoms in total. The summed E-state index contributed by atoms with van der Waals surface area (Å²) in [7, 11) is 0. The van der Waals surface area contributed by atoms with Crippen molar-refractivity contribution in [2.24, 2.45) is 5.92 Å². The number of amides is 3. The highest BCUT2D eigenvalue weighted by Crippen LogP contribution is 2.44. The topological polar surface area (TPSA) is 69.7 Å². The Hall–Kier alpha value is -2.67. The Morgan fingerprint density at radius 2 is 1.97 bits per heavy atom. The molecule has 2 aliphatic heterocycles. The number of fused-ring (bicyclic) bond motifs is 3. The number of para-hydroxylation sites is 1. The lowest BCUT2D eigenvalue weighted by molar-refractivity contribution is -0.122. The van der Waals surface area contributed by atoms with Gasteiger partial charge in [0, 0.05) is 24.3 Å². The second-order valence-electron chi connectivity index (χ2n) is 8.94. The van der Waals surface area contributed by atoms with Crippen molar-refractivity contribution < 1.29 is 14.4 Å². The van der Waals surface area contributed by atoms with E-state index in [2.05, 4.69) is 19.2 Å². The Bertz CT molecular complexity index is 988. The van der Waals surface area contributed by atoms with Crippen molar-refractivity contribution in [3.63, 3.8) is 0 Å². The van der Waals surface area contributed by atoms with Crippen LogP contribution >= 0.6 is 11.3 Å². The van der Waals surface area contributed by atoms with Crippen LogP contribution in [0.3, 0.4) is 0 Å². The molecular weight excluding hydrogens is 410 g/mol. The van der Waals surface area contributed by atoms with Crippen LogP contribution < -0.4 is 10.2 Å². The van der Waals surface area contributed by atoms with Crippen LogP contribution in [0.25, 0.3) is 0 Å². The average Bonchev–Trinajstić information content (AvgIpc) is 3.36. The second kappa shape index (κ2) is 8.46. The maximum absolute atomic E-state index is 13.3. The third kappa shape index (κ3) is 3.99. The Morgan fingerprint density at radius 1 is 1.19 bits per heavy atom. The van der Waals surface area contributed by atoms with E-state index in [4.69, 9.17) is 0 Å². The largest absolute Gasteiger partial charge is 0.348 e. The third-order valence-electron chi connectivity index (χ3n) is 6.24. The molecule has 164 valence electrons. The summed E-state index contributed by atoms with van der Waals surface area (Å²) in [5, 5.41) is 5.18. The van der Waals surface area contributed by atoms with Crippen molar-refractivity contribution in [3.8, 4) is 0 Å². The Morgan fingerprint density at radius 3 is 2.68 bits per heavy atom. The van der Waals surface area contributed by atoms with Crippen LogP contribution in [0.5, 0.6) is 0 Å². The number of nitrogens with zero attached hydrogens (tertiary/aromatic N) is 2. The van der Waals surface area contributed by atoms with Gasteiger partial charge in [-0.1, -0.05) is 32.0 Å². The molecule has 2 aromatic rings.